The van der Waals surface area contributed by atoms with Crippen LogP contribution >= 0.6 is 0 Å². The lowest BCUT2D eigenvalue weighted by atomic mass is 10.0. The van der Waals surface area contributed by atoms with Gasteiger partial charge in [0.25, 0.3) is 5.91 Å². The number of pyridine rings is 2. The van der Waals surface area contributed by atoms with Gasteiger partial charge in [-0.15, -0.1) is 0 Å². The number of carbonyl (C=O) groups is 1. The van der Waals surface area contributed by atoms with Gasteiger partial charge in [0.1, 0.15) is 11.8 Å². The van der Waals surface area contributed by atoms with Gasteiger partial charge in [-0.25, -0.2) is 15.0 Å². The fourth-order valence-corrected chi connectivity index (χ4v) is 3.65. The molecule has 0 spiro atoms. The molecular formula is C23H25N3O4. The lowest BCUT2D eigenvalue weighted by Crippen LogP contribution is -2.36. The summed E-state index contributed by atoms with van der Waals surface area (Å²) in [6.45, 7) is 3.12. The SMILES string of the molecule is CCOc1ccc(Cc2cc(C(=O)N=C3CCOC[C@@H]3O)nc3c2=CCCC=3)cn1. The molecule has 2 aliphatic rings. The highest BCUT2D eigenvalue weighted by atomic mass is 16.5. The first-order valence-corrected chi connectivity index (χ1v) is 10.3. The highest BCUT2D eigenvalue weighted by Crippen LogP contribution is 2.12. The summed E-state index contributed by atoms with van der Waals surface area (Å²) in [6.07, 6.45) is 8.10. The smallest absolute Gasteiger partial charge is 0.295 e. The molecule has 7 nitrogen and oxygen atoms in total. The van der Waals surface area contributed by atoms with E-state index in [9.17, 15) is 9.90 Å². The number of ether oxygens (including phenoxy) is 2. The largest absolute Gasteiger partial charge is 0.478 e. The van der Waals surface area contributed by atoms with Gasteiger partial charge in [0, 0.05) is 18.7 Å². The van der Waals surface area contributed by atoms with Gasteiger partial charge in [-0.3, -0.25) is 4.79 Å². The van der Waals surface area contributed by atoms with Gasteiger partial charge in [-0.05, 0) is 48.6 Å². The van der Waals surface area contributed by atoms with Crippen molar-refractivity contribution in [1.29, 1.82) is 0 Å². The molecule has 1 N–H and O–H groups in total. The monoisotopic (exact) mass is 407 g/mol. The van der Waals surface area contributed by atoms with Crippen LogP contribution in [0.2, 0.25) is 0 Å². The van der Waals surface area contributed by atoms with E-state index in [2.05, 4.69) is 27.1 Å². The second-order valence-electron chi connectivity index (χ2n) is 7.31. The lowest BCUT2D eigenvalue weighted by molar-refractivity contribution is 0.0523. The predicted octanol–water partition coefficient (Wildman–Crippen LogP) is 1.18. The zero-order valence-corrected chi connectivity index (χ0v) is 17.0. The van der Waals surface area contributed by atoms with Crippen LogP contribution in [-0.2, 0) is 11.2 Å². The number of rotatable bonds is 5. The van der Waals surface area contributed by atoms with E-state index in [1.165, 1.54) is 0 Å². The third kappa shape index (κ3) is 4.63. The second-order valence-corrected chi connectivity index (χ2v) is 7.31. The Kier molecular flexibility index (Phi) is 6.30. The van der Waals surface area contributed by atoms with Gasteiger partial charge in [0.2, 0.25) is 5.88 Å². The summed E-state index contributed by atoms with van der Waals surface area (Å²) in [5.41, 5.74) is 2.78. The number of aliphatic hydroxyl groups excluding tert-OH is 1. The maximum absolute atomic E-state index is 12.8. The summed E-state index contributed by atoms with van der Waals surface area (Å²) in [7, 11) is 0. The Labute approximate surface area is 174 Å². The first-order valence-electron chi connectivity index (χ1n) is 10.3. The molecular weight excluding hydrogens is 382 g/mol. The molecule has 156 valence electrons. The average Bonchev–Trinajstić information content (AvgIpc) is 2.77. The standard InChI is InChI=1S/C23H25N3O4/c1-2-30-22-8-7-15(13-24-22)11-16-12-20(25-18-6-4-3-5-17(16)18)23(28)26-19-9-10-29-14-21(19)27/h5-8,12-13,21,27H,2-4,9-11,14H2,1H3/t21-/m0/s1. The number of amides is 1. The molecule has 0 aromatic carbocycles. The summed E-state index contributed by atoms with van der Waals surface area (Å²) in [6, 6.07) is 5.65. The highest BCUT2D eigenvalue weighted by molar-refractivity contribution is 6.04. The zero-order chi connectivity index (χ0) is 20.9. The molecule has 1 aliphatic heterocycles. The Morgan fingerprint density at radius 3 is 2.97 bits per heavy atom. The van der Waals surface area contributed by atoms with E-state index in [-0.39, 0.29) is 6.61 Å². The number of carbonyl (C=O) groups excluding carboxylic acids is 1. The Hall–Kier alpha value is -2.90. The number of nitrogens with zero attached hydrogens (tertiary/aromatic N) is 3. The van der Waals surface area contributed by atoms with Crippen LogP contribution in [-0.4, -0.2) is 52.6 Å². The van der Waals surface area contributed by atoms with Gasteiger partial charge >= 0.3 is 0 Å². The van der Waals surface area contributed by atoms with E-state index in [0.29, 0.717) is 43.3 Å². The van der Waals surface area contributed by atoms with Crippen molar-refractivity contribution < 1.29 is 19.4 Å². The van der Waals surface area contributed by atoms with Crippen LogP contribution in [0, 0.1) is 0 Å². The van der Waals surface area contributed by atoms with Crippen LogP contribution in [0.3, 0.4) is 0 Å². The van der Waals surface area contributed by atoms with Crippen molar-refractivity contribution >= 4 is 23.8 Å². The topological polar surface area (TPSA) is 93.9 Å². The maximum Gasteiger partial charge on any atom is 0.295 e. The molecule has 0 unspecified atom stereocenters. The van der Waals surface area contributed by atoms with Crippen LogP contribution in [0.5, 0.6) is 5.88 Å². The molecule has 4 rings (SSSR count). The summed E-state index contributed by atoms with van der Waals surface area (Å²) in [5, 5.41) is 11.9. The Morgan fingerprint density at radius 2 is 2.20 bits per heavy atom. The fourth-order valence-electron chi connectivity index (χ4n) is 3.65. The molecule has 2 aromatic rings. The van der Waals surface area contributed by atoms with Gasteiger partial charge < -0.3 is 14.6 Å². The number of aromatic nitrogens is 2. The van der Waals surface area contributed by atoms with Crippen molar-refractivity contribution in [1.82, 2.24) is 9.97 Å². The van der Waals surface area contributed by atoms with E-state index in [4.69, 9.17) is 9.47 Å². The second kappa shape index (κ2) is 9.28. The third-order valence-corrected chi connectivity index (χ3v) is 5.14. The molecule has 0 saturated carbocycles. The van der Waals surface area contributed by atoms with Gasteiger partial charge in [-0.1, -0.05) is 18.2 Å². The number of hydrogen-bond donors (Lipinski definition) is 1. The minimum atomic E-state index is -0.838. The molecule has 3 heterocycles. The minimum absolute atomic E-state index is 0.169. The fraction of sp³-hybridized carbons (Fsp3) is 0.391. The number of aliphatic imine (C=N–C) groups is 1. The summed E-state index contributed by atoms with van der Waals surface area (Å²) >= 11 is 0. The van der Waals surface area contributed by atoms with E-state index < -0.39 is 12.0 Å². The average molecular weight is 407 g/mol. The van der Waals surface area contributed by atoms with Crippen molar-refractivity contribution in [2.75, 3.05) is 19.8 Å². The Balaban J connectivity index is 1.67. The quantitative estimate of drug-likeness (QED) is 0.800. The lowest BCUT2D eigenvalue weighted by Gasteiger charge is -2.19. The molecule has 30 heavy (non-hydrogen) atoms. The van der Waals surface area contributed by atoms with Crippen molar-refractivity contribution in [3.05, 3.63) is 51.8 Å². The molecule has 1 atom stereocenters. The molecule has 2 aromatic heterocycles. The van der Waals surface area contributed by atoms with E-state index >= 15 is 0 Å². The van der Waals surface area contributed by atoms with Crippen LogP contribution in [0.15, 0.2) is 29.4 Å². The molecule has 1 amide bonds. The zero-order valence-electron chi connectivity index (χ0n) is 17.0. The van der Waals surface area contributed by atoms with E-state index in [1.54, 1.807) is 6.20 Å². The van der Waals surface area contributed by atoms with E-state index in [0.717, 1.165) is 34.5 Å². The first kappa shape index (κ1) is 20.4. The number of fused-ring (bicyclic) bond motifs is 1. The summed E-state index contributed by atoms with van der Waals surface area (Å²) < 4.78 is 10.6. The van der Waals surface area contributed by atoms with Crippen LogP contribution in [0.25, 0.3) is 12.2 Å². The molecule has 1 saturated heterocycles. The third-order valence-electron chi connectivity index (χ3n) is 5.14. The van der Waals surface area contributed by atoms with Gasteiger partial charge in [0.05, 0.1) is 30.9 Å². The first-order chi connectivity index (χ1) is 14.6. The molecule has 7 heteroatoms. The van der Waals surface area contributed by atoms with Crippen LogP contribution in [0.4, 0.5) is 0 Å². The van der Waals surface area contributed by atoms with Crippen LogP contribution in [0.1, 0.15) is 47.8 Å². The van der Waals surface area contributed by atoms with Gasteiger partial charge in [-0.2, -0.15) is 0 Å². The summed E-state index contributed by atoms with van der Waals surface area (Å²) in [5.74, 6) is 0.165. The molecule has 0 radical (unpaired) electrons. The predicted molar refractivity (Wildman–Crippen MR) is 113 cm³/mol. The van der Waals surface area contributed by atoms with Crippen molar-refractivity contribution in [2.24, 2.45) is 4.99 Å². The van der Waals surface area contributed by atoms with Crippen LogP contribution < -0.4 is 15.3 Å². The summed E-state index contributed by atoms with van der Waals surface area (Å²) in [4.78, 5) is 25.8. The van der Waals surface area contributed by atoms with Gasteiger partial charge in [0.15, 0.2) is 0 Å². The van der Waals surface area contributed by atoms with Crippen molar-refractivity contribution in [2.45, 2.75) is 38.7 Å². The highest BCUT2D eigenvalue weighted by Gasteiger charge is 2.20. The maximum atomic E-state index is 12.8. The molecule has 1 fully saturated rings. The Bertz CT molecular complexity index is 1080. The van der Waals surface area contributed by atoms with Crippen molar-refractivity contribution in [3.63, 3.8) is 0 Å². The normalized spacial score (nSPS) is 19.5. The van der Waals surface area contributed by atoms with E-state index in [1.807, 2.05) is 25.1 Å². The number of aliphatic hydroxyl groups is 1. The van der Waals surface area contributed by atoms with Crippen molar-refractivity contribution in [3.8, 4) is 5.88 Å². The number of hydrogen-bond acceptors (Lipinski definition) is 6. The minimum Gasteiger partial charge on any atom is -0.478 e. The Morgan fingerprint density at radius 1 is 1.33 bits per heavy atom. The molecule has 0 bridgehead atoms. The molecule has 1 aliphatic carbocycles.